The van der Waals surface area contributed by atoms with Crippen LogP contribution in [0.5, 0.6) is 0 Å². The second-order valence-corrected chi connectivity index (χ2v) is 5.82. The zero-order chi connectivity index (χ0) is 13.1. The number of carbonyl (C=O) groups excluding carboxylic acids is 1. The molecule has 1 aliphatic rings. The Labute approximate surface area is 105 Å². The number of rotatable bonds is 6. The Hall–Kier alpha value is -0.345. The van der Waals surface area contributed by atoms with Crippen molar-refractivity contribution in [2.75, 3.05) is 0 Å². The molecule has 17 heavy (non-hydrogen) atoms. The molecule has 0 aliphatic carbocycles. The average molecular weight is 240 g/mol. The molecular weight excluding hydrogens is 215 g/mol. The lowest BCUT2D eigenvalue weighted by atomic mass is 9.82. The van der Waals surface area contributed by atoms with Gasteiger partial charge in [0.05, 0.1) is 11.2 Å². The molecular formula is C13H25BO3. The summed E-state index contributed by atoms with van der Waals surface area (Å²) in [5.74, 6) is 0.346. The fourth-order valence-electron chi connectivity index (χ4n) is 1.89. The van der Waals surface area contributed by atoms with Crippen molar-refractivity contribution in [3.8, 4) is 0 Å². The molecule has 4 heteroatoms. The summed E-state index contributed by atoms with van der Waals surface area (Å²) in [7, 11) is -0.114. The summed E-state index contributed by atoms with van der Waals surface area (Å²) < 4.78 is 11.8. The maximum atomic E-state index is 11.2. The quantitative estimate of drug-likeness (QED) is 0.528. The number of hydrogen-bond acceptors (Lipinski definition) is 3. The third-order valence-electron chi connectivity index (χ3n) is 3.84. The van der Waals surface area contributed by atoms with Gasteiger partial charge in [-0.1, -0.05) is 13.3 Å². The normalized spacial score (nSPS) is 21.8. The van der Waals surface area contributed by atoms with Gasteiger partial charge in [0.25, 0.3) is 0 Å². The van der Waals surface area contributed by atoms with Crippen molar-refractivity contribution in [2.45, 2.75) is 77.8 Å². The Bertz CT molecular complexity index is 258. The first-order valence-corrected chi connectivity index (χ1v) is 6.66. The smallest absolute Gasteiger partial charge is 0.403 e. The van der Waals surface area contributed by atoms with Crippen LogP contribution in [0.15, 0.2) is 0 Å². The van der Waals surface area contributed by atoms with Gasteiger partial charge in [0.15, 0.2) is 0 Å². The molecule has 0 aromatic carbocycles. The van der Waals surface area contributed by atoms with Gasteiger partial charge in [0.2, 0.25) is 0 Å². The van der Waals surface area contributed by atoms with Gasteiger partial charge >= 0.3 is 7.12 Å². The Kier molecular flexibility index (Phi) is 4.79. The van der Waals surface area contributed by atoms with E-state index in [1.165, 1.54) is 0 Å². The van der Waals surface area contributed by atoms with E-state index in [0.29, 0.717) is 18.6 Å². The van der Waals surface area contributed by atoms with Crippen LogP contribution in [-0.2, 0) is 14.1 Å². The van der Waals surface area contributed by atoms with Crippen molar-refractivity contribution < 1.29 is 14.1 Å². The molecule has 1 rings (SSSR count). The molecule has 0 aromatic rings. The first-order chi connectivity index (χ1) is 7.78. The zero-order valence-corrected chi connectivity index (χ0v) is 11.8. The van der Waals surface area contributed by atoms with Gasteiger partial charge in [-0.2, -0.15) is 0 Å². The number of unbranched alkanes of at least 4 members (excludes halogenated alkanes) is 1. The third kappa shape index (κ3) is 3.82. The van der Waals surface area contributed by atoms with Gasteiger partial charge in [-0.05, 0) is 40.4 Å². The van der Waals surface area contributed by atoms with E-state index in [9.17, 15) is 4.79 Å². The minimum Gasteiger partial charge on any atom is -0.403 e. The van der Waals surface area contributed by atoms with Crippen LogP contribution >= 0.6 is 0 Å². The lowest BCUT2D eigenvalue weighted by Gasteiger charge is -2.32. The highest BCUT2D eigenvalue weighted by atomic mass is 16.7. The van der Waals surface area contributed by atoms with Gasteiger partial charge in [-0.3, -0.25) is 4.79 Å². The molecule has 0 unspecified atom stereocenters. The van der Waals surface area contributed by atoms with Crippen molar-refractivity contribution >= 4 is 12.9 Å². The number of carbonyl (C=O) groups is 1. The van der Waals surface area contributed by atoms with Crippen molar-refractivity contribution in [1.29, 1.82) is 0 Å². The molecule has 0 amide bonds. The standard InChI is InChI=1S/C13H25BO3/c1-6-11(15)9-7-8-10-14-16-12(2,3)13(4,5)17-14/h6-10H2,1-5H3. The maximum Gasteiger partial charge on any atom is 0.457 e. The average Bonchev–Trinajstić information content (AvgIpc) is 2.42. The highest BCUT2D eigenvalue weighted by Gasteiger charge is 2.50. The first kappa shape index (κ1) is 14.7. The molecule has 0 radical (unpaired) electrons. The summed E-state index contributed by atoms with van der Waals surface area (Å²) in [4.78, 5) is 11.2. The van der Waals surface area contributed by atoms with Gasteiger partial charge < -0.3 is 9.31 Å². The van der Waals surface area contributed by atoms with Crippen LogP contribution in [-0.4, -0.2) is 24.1 Å². The zero-order valence-electron chi connectivity index (χ0n) is 11.8. The monoisotopic (exact) mass is 240 g/mol. The molecule has 0 bridgehead atoms. The molecule has 0 saturated carbocycles. The second kappa shape index (κ2) is 5.53. The number of hydrogen-bond donors (Lipinski definition) is 0. The minimum absolute atomic E-state index is 0.114. The maximum absolute atomic E-state index is 11.2. The van der Waals surface area contributed by atoms with E-state index in [4.69, 9.17) is 9.31 Å². The summed E-state index contributed by atoms with van der Waals surface area (Å²) in [5, 5.41) is 0. The van der Waals surface area contributed by atoms with Crippen LogP contribution < -0.4 is 0 Å². The third-order valence-corrected chi connectivity index (χ3v) is 3.84. The van der Waals surface area contributed by atoms with Crippen LogP contribution in [0.1, 0.15) is 60.3 Å². The van der Waals surface area contributed by atoms with Gasteiger partial charge in [-0.25, -0.2) is 0 Å². The van der Waals surface area contributed by atoms with Crippen molar-refractivity contribution in [3.05, 3.63) is 0 Å². The Morgan fingerprint density at radius 2 is 1.59 bits per heavy atom. The second-order valence-electron chi connectivity index (χ2n) is 5.82. The summed E-state index contributed by atoms with van der Waals surface area (Å²) in [6.07, 6.45) is 4.15. The summed E-state index contributed by atoms with van der Waals surface area (Å²) in [6.45, 7) is 10.2. The van der Waals surface area contributed by atoms with Crippen molar-refractivity contribution in [3.63, 3.8) is 0 Å². The Morgan fingerprint density at radius 1 is 1.06 bits per heavy atom. The van der Waals surface area contributed by atoms with Crippen molar-refractivity contribution in [2.24, 2.45) is 0 Å². The van der Waals surface area contributed by atoms with Gasteiger partial charge in [0.1, 0.15) is 5.78 Å². The van der Waals surface area contributed by atoms with E-state index < -0.39 is 0 Å². The van der Waals surface area contributed by atoms with Crippen LogP contribution in [0.4, 0.5) is 0 Å². The summed E-state index contributed by atoms with van der Waals surface area (Å²) >= 11 is 0. The topological polar surface area (TPSA) is 35.5 Å². The lowest BCUT2D eigenvalue weighted by molar-refractivity contribution is -0.118. The molecule has 0 atom stereocenters. The van der Waals surface area contributed by atoms with E-state index in [1.54, 1.807) is 0 Å². The van der Waals surface area contributed by atoms with Crippen LogP contribution in [0.2, 0.25) is 6.32 Å². The van der Waals surface area contributed by atoms with E-state index in [0.717, 1.165) is 19.2 Å². The molecule has 0 aromatic heterocycles. The van der Waals surface area contributed by atoms with E-state index in [-0.39, 0.29) is 18.3 Å². The highest BCUT2D eigenvalue weighted by molar-refractivity contribution is 6.45. The van der Waals surface area contributed by atoms with Crippen LogP contribution in [0, 0.1) is 0 Å². The molecule has 1 saturated heterocycles. The highest BCUT2D eigenvalue weighted by Crippen LogP contribution is 2.38. The van der Waals surface area contributed by atoms with Gasteiger partial charge in [-0.15, -0.1) is 0 Å². The summed E-state index contributed by atoms with van der Waals surface area (Å²) in [5.41, 5.74) is -0.478. The molecule has 1 heterocycles. The van der Waals surface area contributed by atoms with Crippen LogP contribution in [0.25, 0.3) is 0 Å². The largest absolute Gasteiger partial charge is 0.457 e. The van der Waals surface area contributed by atoms with E-state index in [2.05, 4.69) is 27.7 Å². The molecule has 0 spiro atoms. The Morgan fingerprint density at radius 3 is 2.06 bits per heavy atom. The molecule has 3 nitrogen and oxygen atoms in total. The SMILES string of the molecule is CCC(=O)CCCCB1OC(C)(C)C(C)(C)O1. The number of ketones is 1. The molecule has 0 N–H and O–H groups in total. The fraction of sp³-hybridized carbons (Fsp3) is 0.923. The van der Waals surface area contributed by atoms with Gasteiger partial charge in [0, 0.05) is 12.8 Å². The van der Waals surface area contributed by atoms with Crippen LogP contribution in [0.3, 0.4) is 0 Å². The van der Waals surface area contributed by atoms with Crippen molar-refractivity contribution in [1.82, 2.24) is 0 Å². The molecule has 1 fully saturated rings. The van der Waals surface area contributed by atoms with E-state index >= 15 is 0 Å². The predicted octanol–water partition coefficient (Wildman–Crippen LogP) is 3.23. The fourth-order valence-corrected chi connectivity index (χ4v) is 1.89. The Balaban J connectivity index is 2.25. The summed E-state index contributed by atoms with van der Waals surface area (Å²) in [6, 6.07) is 0. The minimum atomic E-state index is -0.239. The number of Topliss-reactive ketones (excluding diaryl/α,β-unsaturated/α-hetero) is 1. The predicted molar refractivity (Wildman–Crippen MR) is 70.0 cm³/mol. The first-order valence-electron chi connectivity index (χ1n) is 6.66. The van der Waals surface area contributed by atoms with E-state index in [1.807, 2.05) is 6.92 Å². The molecule has 1 aliphatic heterocycles. The lowest BCUT2D eigenvalue weighted by Crippen LogP contribution is -2.41. The molecule has 98 valence electrons.